The van der Waals surface area contributed by atoms with Crippen molar-refractivity contribution < 1.29 is 4.79 Å². The standard InChI is InChI=1S/C16H29N5O.2ClH/c1-13(14-5-4-7-17-12-14)11-16(22)18-15-6-8-21(19-15)10-9-20(2)3;;/h6,8,13-14,17H,4-5,7,9-12H2,1-3H3,(H,18,19,22);2*1H. The number of rotatable bonds is 7. The van der Waals surface area contributed by atoms with Crippen molar-refractivity contribution in [2.45, 2.75) is 32.7 Å². The first-order valence-corrected chi connectivity index (χ1v) is 8.23. The Bertz CT molecular complexity index is 475. The number of hydrogen-bond donors (Lipinski definition) is 2. The van der Waals surface area contributed by atoms with Crippen LogP contribution < -0.4 is 10.6 Å². The maximum Gasteiger partial charge on any atom is 0.225 e. The molecule has 2 heterocycles. The Balaban J connectivity index is 0.00000264. The fourth-order valence-electron chi connectivity index (χ4n) is 2.87. The van der Waals surface area contributed by atoms with Gasteiger partial charge < -0.3 is 15.5 Å². The predicted octanol–water partition coefficient (Wildman–Crippen LogP) is 2.25. The quantitative estimate of drug-likeness (QED) is 0.762. The summed E-state index contributed by atoms with van der Waals surface area (Å²) in [7, 11) is 4.07. The summed E-state index contributed by atoms with van der Waals surface area (Å²) in [6, 6.07) is 1.86. The van der Waals surface area contributed by atoms with Gasteiger partial charge in [-0.3, -0.25) is 9.48 Å². The van der Waals surface area contributed by atoms with E-state index in [2.05, 4.69) is 27.6 Å². The van der Waals surface area contributed by atoms with Crippen molar-refractivity contribution >= 4 is 36.5 Å². The lowest BCUT2D eigenvalue weighted by Crippen LogP contribution is -2.34. The van der Waals surface area contributed by atoms with E-state index in [0.29, 0.717) is 24.1 Å². The molecule has 2 atom stereocenters. The Labute approximate surface area is 157 Å². The molecule has 0 aromatic carbocycles. The van der Waals surface area contributed by atoms with Crippen molar-refractivity contribution in [1.29, 1.82) is 0 Å². The van der Waals surface area contributed by atoms with Gasteiger partial charge in [-0.15, -0.1) is 24.8 Å². The average molecular weight is 380 g/mol. The molecular formula is C16H31Cl2N5O. The first-order chi connectivity index (χ1) is 10.5. The SMILES string of the molecule is CC(CC(=O)Nc1ccn(CCN(C)C)n1)C1CCCNC1.Cl.Cl. The van der Waals surface area contributed by atoms with Crippen molar-refractivity contribution in [2.75, 3.05) is 39.0 Å². The molecule has 24 heavy (non-hydrogen) atoms. The fraction of sp³-hybridized carbons (Fsp3) is 0.750. The third-order valence-electron chi connectivity index (χ3n) is 4.33. The monoisotopic (exact) mass is 379 g/mol. The minimum atomic E-state index is 0. The molecule has 1 aromatic rings. The molecule has 0 spiro atoms. The second-order valence-electron chi connectivity index (χ2n) is 6.60. The number of anilines is 1. The summed E-state index contributed by atoms with van der Waals surface area (Å²) in [4.78, 5) is 14.3. The summed E-state index contributed by atoms with van der Waals surface area (Å²) in [5.74, 6) is 1.73. The minimum absolute atomic E-state index is 0. The molecule has 2 unspecified atom stereocenters. The molecule has 1 aromatic heterocycles. The van der Waals surface area contributed by atoms with Gasteiger partial charge in [0.05, 0.1) is 6.54 Å². The summed E-state index contributed by atoms with van der Waals surface area (Å²) in [5, 5.41) is 10.7. The van der Waals surface area contributed by atoms with Crippen molar-refractivity contribution in [3.05, 3.63) is 12.3 Å². The maximum atomic E-state index is 12.2. The Morgan fingerprint density at radius 1 is 1.50 bits per heavy atom. The third-order valence-corrected chi connectivity index (χ3v) is 4.33. The van der Waals surface area contributed by atoms with E-state index in [4.69, 9.17) is 0 Å². The zero-order chi connectivity index (χ0) is 15.9. The van der Waals surface area contributed by atoms with Crippen LogP contribution in [0.5, 0.6) is 0 Å². The Kier molecular flexibility index (Phi) is 11.3. The van der Waals surface area contributed by atoms with E-state index in [9.17, 15) is 4.79 Å². The van der Waals surface area contributed by atoms with E-state index in [1.807, 2.05) is 31.0 Å². The van der Waals surface area contributed by atoms with Gasteiger partial charge in [-0.05, 0) is 51.9 Å². The lowest BCUT2D eigenvalue weighted by molar-refractivity contribution is -0.117. The van der Waals surface area contributed by atoms with Crippen molar-refractivity contribution in [3.63, 3.8) is 0 Å². The number of piperidine rings is 1. The number of likely N-dealkylation sites (N-methyl/N-ethyl adjacent to an activating group) is 1. The highest BCUT2D eigenvalue weighted by atomic mass is 35.5. The van der Waals surface area contributed by atoms with Crippen LogP contribution in [0, 0.1) is 11.8 Å². The van der Waals surface area contributed by atoms with Gasteiger partial charge in [0.2, 0.25) is 5.91 Å². The molecular weight excluding hydrogens is 349 g/mol. The molecule has 0 radical (unpaired) electrons. The van der Waals surface area contributed by atoms with E-state index >= 15 is 0 Å². The summed E-state index contributed by atoms with van der Waals surface area (Å²) < 4.78 is 1.87. The summed E-state index contributed by atoms with van der Waals surface area (Å²) in [5.41, 5.74) is 0. The number of amides is 1. The van der Waals surface area contributed by atoms with Crippen LogP contribution in [0.25, 0.3) is 0 Å². The molecule has 140 valence electrons. The molecule has 8 heteroatoms. The molecule has 6 nitrogen and oxygen atoms in total. The van der Waals surface area contributed by atoms with Crippen molar-refractivity contribution in [1.82, 2.24) is 20.0 Å². The second kappa shape index (κ2) is 11.7. The molecule has 1 aliphatic heterocycles. The Morgan fingerprint density at radius 3 is 2.88 bits per heavy atom. The van der Waals surface area contributed by atoms with Gasteiger partial charge >= 0.3 is 0 Å². The molecule has 1 fully saturated rings. The highest BCUT2D eigenvalue weighted by Crippen LogP contribution is 2.22. The van der Waals surface area contributed by atoms with Crippen molar-refractivity contribution in [2.24, 2.45) is 11.8 Å². The highest BCUT2D eigenvalue weighted by molar-refractivity contribution is 5.89. The van der Waals surface area contributed by atoms with E-state index in [1.165, 1.54) is 12.8 Å². The van der Waals surface area contributed by atoms with Crippen LogP contribution in [0.15, 0.2) is 12.3 Å². The van der Waals surface area contributed by atoms with Crippen LogP contribution in [0.1, 0.15) is 26.2 Å². The van der Waals surface area contributed by atoms with Gasteiger partial charge in [0, 0.05) is 25.2 Å². The molecule has 0 saturated carbocycles. The van der Waals surface area contributed by atoms with E-state index in [1.54, 1.807) is 0 Å². The first kappa shape index (κ1) is 23.2. The van der Waals surface area contributed by atoms with Crippen LogP contribution in [-0.2, 0) is 11.3 Å². The summed E-state index contributed by atoms with van der Waals surface area (Å²) >= 11 is 0. The highest BCUT2D eigenvalue weighted by Gasteiger charge is 2.22. The van der Waals surface area contributed by atoms with Gasteiger partial charge in [0.25, 0.3) is 0 Å². The molecule has 0 aliphatic carbocycles. The second-order valence-corrected chi connectivity index (χ2v) is 6.60. The number of halogens is 2. The predicted molar refractivity (Wildman–Crippen MR) is 103 cm³/mol. The van der Waals surface area contributed by atoms with E-state index < -0.39 is 0 Å². The average Bonchev–Trinajstić information content (AvgIpc) is 2.93. The van der Waals surface area contributed by atoms with Crippen LogP contribution in [0.2, 0.25) is 0 Å². The zero-order valence-corrected chi connectivity index (χ0v) is 16.5. The largest absolute Gasteiger partial charge is 0.316 e. The molecule has 2 rings (SSSR count). The van der Waals surface area contributed by atoms with Gasteiger partial charge in [-0.2, -0.15) is 5.10 Å². The van der Waals surface area contributed by atoms with Crippen LogP contribution >= 0.6 is 24.8 Å². The third kappa shape index (κ3) is 7.83. The van der Waals surface area contributed by atoms with E-state index in [-0.39, 0.29) is 30.7 Å². The zero-order valence-electron chi connectivity index (χ0n) is 14.8. The Morgan fingerprint density at radius 2 is 2.25 bits per heavy atom. The summed E-state index contributed by atoms with van der Waals surface area (Å²) in [6.07, 6.45) is 4.91. The van der Waals surface area contributed by atoms with Gasteiger partial charge in [0.15, 0.2) is 5.82 Å². The number of carbonyl (C=O) groups excluding carboxylic acids is 1. The fourth-order valence-corrected chi connectivity index (χ4v) is 2.87. The number of aromatic nitrogens is 2. The normalized spacial score (nSPS) is 18.4. The first-order valence-electron chi connectivity index (χ1n) is 8.23. The molecule has 1 amide bonds. The lowest BCUT2D eigenvalue weighted by atomic mass is 9.85. The molecule has 0 bridgehead atoms. The smallest absolute Gasteiger partial charge is 0.225 e. The molecule has 2 N–H and O–H groups in total. The lowest BCUT2D eigenvalue weighted by Gasteiger charge is -2.27. The van der Waals surface area contributed by atoms with Crippen molar-refractivity contribution in [3.8, 4) is 0 Å². The number of nitrogens with zero attached hydrogens (tertiary/aromatic N) is 3. The Hall–Kier alpha value is -0.820. The molecule has 1 aliphatic rings. The number of nitrogens with one attached hydrogen (secondary N) is 2. The topological polar surface area (TPSA) is 62.2 Å². The minimum Gasteiger partial charge on any atom is -0.316 e. The summed E-state index contributed by atoms with van der Waals surface area (Å²) in [6.45, 7) is 6.08. The van der Waals surface area contributed by atoms with Crippen LogP contribution in [0.4, 0.5) is 5.82 Å². The van der Waals surface area contributed by atoms with Crippen LogP contribution in [-0.4, -0.2) is 54.3 Å². The number of hydrogen-bond acceptors (Lipinski definition) is 4. The van der Waals surface area contributed by atoms with Gasteiger partial charge in [-0.1, -0.05) is 6.92 Å². The maximum absolute atomic E-state index is 12.2. The number of carbonyl (C=O) groups is 1. The molecule has 1 saturated heterocycles. The van der Waals surface area contributed by atoms with E-state index in [0.717, 1.165) is 26.2 Å². The van der Waals surface area contributed by atoms with Crippen LogP contribution in [0.3, 0.4) is 0 Å². The van der Waals surface area contributed by atoms with Gasteiger partial charge in [-0.25, -0.2) is 0 Å². The van der Waals surface area contributed by atoms with Gasteiger partial charge in [0.1, 0.15) is 0 Å².